The molecule has 0 saturated heterocycles. The summed E-state index contributed by atoms with van der Waals surface area (Å²) >= 11 is 11.6. The van der Waals surface area contributed by atoms with E-state index in [1.165, 1.54) is 7.11 Å². The summed E-state index contributed by atoms with van der Waals surface area (Å²) in [5, 5.41) is 10.9. The molecule has 4 heteroatoms. The molecular formula is C10H12Cl2O2. The number of methoxy groups -OCH3 is 1. The van der Waals surface area contributed by atoms with Crippen molar-refractivity contribution in [3.63, 3.8) is 0 Å². The van der Waals surface area contributed by atoms with E-state index in [2.05, 4.69) is 0 Å². The number of hydrogen-bond acceptors (Lipinski definition) is 2. The van der Waals surface area contributed by atoms with Crippen LogP contribution in [-0.4, -0.2) is 18.8 Å². The number of halogens is 2. The molecule has 1 aromatic carbocycles. The van der Waals surface area contributed by atoms with Gasteiger partial charge in [0.05, 0.1) is 16.7 Å². The SMILES string of the molecule is COCC(C)(O)c1ccc(Cl)c(Cl)c1. The summed E-state index contributed by atoms with van der Waals surface area (Å²) in [6.45, 7) is 1.88. The summed E-state index contributed by atoms with van der Waals surface area (Å²) in [6.07, 6.45) is 0. The summed E-state index contributed by atoms with van der Waals surface area (Å²) in [7, 11) is 1.53. The van der Waals surface area contributed by atoms with Crippen molar-refractivity contribution < 1.29 is 9.84 Å². The summed E-state index contributed by atoms with van der Waals surface area (Å²) in [4.78, 5) is 0. The van der Waals surface area contributed by atoms with Gasteiger partial charge >= 0.3 is 0 Å². The lowest BCUT2D eigenvalue weighted by molar-refractivity contribution is -0.0208. The van der Waals surface area contributed by atoms with Crippen molar-refractivity contribution >= 4 is 23.2 Å². The largest absolute Gasteiger partial charge is 0.383 e. The molecule has 1 rings (SSSR count). The van der Waals surface area contributed by atoms with E-state index in [1.54, 1.807) is 25.1 Å². The van der Waals surface area contributed by atoms with Crippen LogP contribution in [0.3, 0.4) is 0 Å². The summed E-state index contributed by atoms with van der Waals surface area (Å²) in [5.74, 6) is 0. The zero-order valence-electron chi connectivity index (χ0n) is 8.05. The number of rotatable bonds is 3. The lowest BCUT2D eigenvalue weighted by atomic mass is 9.97. The van der Waals surface area contributed by atoms with Crippen LogP contribution in [0.25, 0.3) is 0 Å². The Morgan fingerprint density at radius 2 is 2.00 bits per heavy atom. The van der Waals surface area contributed by atoms with E-state index in [1.807, 2.05) is 0 Å². The van der Waals surface area contributed by atoms with Gasteiger partial charge in [-0.15, -0.1) is 0 Å². The van der Waals surface area contributed by atoms with Gasteiger partial charge in [-0.3, -0.25) is 0 Å². The molecule has 2 nitrogen and oxygen atoms in total. The summed E-state index contributed by atoms with van der Waals surface area (Å²) < 4.78 is 4.91. The quantitative estimate of drug-likeness (QED) is 0.872. The molecule has 0 spiro atoms. The maximum Gasteiger partial charge on any atom is 0.110 e. The van der Waals surface area contributed by atoms with Crippen molar-refractivity contribution in [1.29, 1.82) is 0 Å². The molecular weight excluding hydrogens is 223 g/mol. The standard InChI is InChI=1S/C10H12Cl2O2/c1-10(13,6-14-2)7-3-4-8(11)9(12)5-7/h3-5,13H,6H2,1-2H3. The van der Waals surface area contributed by atoms with E-state index < -0.39 is 5.60 Å². The third kappa shape index (κ3) is 2.61. The van der Waals surface area contributed by atoms with Crippen molar-refractivity contribution in [2.75, 3.05) is 13.7 Å². The van der Waals surface area contributed by atoms with Gasteiger partial charge in [0, 0.05) is 7.11 Å². The van der Waals surface area contributed by atoms with Gasteiger partial charge in [-0.1, -0.05) is 29.3 Å². The van der Waals surface area contributed by atoms with Crippen molar-refractivity contribution in [1.82, 2.24) is 0 Å². The smallest absolute Gasteiger partial charge is 0.110 e. The third-order valence-corrected chi connectivity index (χ3v) is 2.71. The Bertz CT molecular complexity index is 324. The van der Waals surface area contributed by atoms with Crippen LogP contribution in [0.5, 0.6) is 0 Å². The molecule has 0 heterocycles. The first kappa shape index (κ1) is 11.8. The predicted molar refractivity (Wildman–Crippen MR) is 57.9 cm³/mol. The first-order chi connectivity index (χ1) is 6.47. The molecule has 0 aliphatic rings. The summed E-state index contributed by atoms with van der Waals surface area (Å²) in [6, 6.07) is 5.03. The average Bonchev–Trinajstić information content (AvgIpc) is 2.09. The highest BCUT2D eigenvalue weighted by molar-refractivity contribution is 6.42. The lowest BCUT2D eigenvalue weighted by Gasteiger charge is -2.23. The molecule has 14 heavy (non-hydrogen) atoms. The Morgan fingerprint density at radius 1 is 1.36 bits per heavy atom. The van der Waals surface area contributed by atoms with E-state index in [0.29, 0.717) is 15.6 Å². The molecule has 0 bridgehead atoms. The van der Waals surface area contributed by atoms with Gasteiger partial charge in [-0.25, -0.2) is 0 Å². The lowest BCUT2D eigenvalue weighted by Crippen LogP contribution is -2.27. The first-order valence-corrected chi connectivity index (χ1v) is 4.90. The zero-order valence-corrected chi connectivity index (χ0v) is 9.56. The number of aliphatic hydroxyl groups is 1. The van der Waals surface area contributed by atoms with Gasteiger partial charge < -0.3 is 9.84 Å². The molecule has 0 radical (unpaired) electrons. The van der Waals surface area contributed by atoms with Crippen LogP contribution in [-0.2, 0) is 10.3 Å². The van der Waals surface area contributed by atoms with Crippen molar-refractivity contribution in [2.45, 2.75) is 12.5 Å². The number of hydrogen-bond donors (Lipinski definition) is 1. The maximum atomic E-state index is 9.97. The molecule has 0 saturated carbocycles. The fraction of sp³-hybridized carbons (Fsp3) is 0.400. The van der Waals surface area contributed by atoms with Gasteiger partial charge in [0.1, 0.15) is 5.60 Å². The second kappa shape index (κ2) is 4.49. The van der Waals surface area contributed by atoms with E-state index in [9.17, 15) is 5.11 Å². The molecule has 0 amide bonds. The number of benzene rings is 1. The van der Waals surface area contributed by atoms with Crippen molar-refractivity contribution in [3.05, 3.63) is 33.8 Å². The van der Waals surface area contributed by atoms with Crippen molar-refractivity contribution in [3.8, 4) is 0 Å². The second-order valence-corrected chi connectivity index (χ2v) is 4.15. The van der Waals surface area contributed by atoms with Crippen LogP contribution < -0.4 is 0 Å². The van der Waals surface area contributed by atoms with Crippen LogP contribution in [0.2, 0.25) is 10.0 Å². The fourth-order valence-corrected chi connectivity index (χ4v) is 1.49. The van der Waals surface area contributed by atoms with Crippen LogP contribution in [0.15, 0.2) is 18.2 Å². The molecule has 0 aromatic heterocycles. The van der Waals surface area contributed by atoms with E-state index >= 15 is 0 Å². The molecule has 1 atom stereocenters. The minimum absolute atomic E-state index is 0.213. The average molecular weight is 235 g/mol. The van der Waals surface area contributed by atoms with Gasteiger partial charge in [-0.2, -0.15) is 0 Å². The maximum absolute atomic E-state index is 9.97. The molecule has 0 aliphatic carbocycles. The third-order valence-electron chi connectivity index (χ3n) is 1.97. The monoisotopic (exact) mass is 234 g/mol. The zero-order chi connectivity index (χ0) is 10.8. The summed E-state index contributed by atoms with van der Waals surface area (Å²) in [5.41, 5.74) is -0.350. The highest BCUT2D eigenvalue weighted by atomic mass is 35.5. The number of ether oxygens (including phenoxy) is 1. The normalized spacial score (nSPS) is 15.2. The Morgan fingerprint density at radius 3 is 2.50 bits per heavy atom. The van der Waals surface area contributed by atoms with Crippen molar-refractivity contribution in [2.24, 2.45) is 0 Å². The fourth-order valence-electron chi connectivity index (χ4n) is 1.20. The first-order valence-electron chi connectivity index (χ1n) is 4.14. The Kier molecular flexibility index (Phi) is 3.78. The molecule has 0 fully saturated rings. The van der Waals surface area contributed by atoms with Gasteiger partial charge in [-0.05, 0) is 24.6 Å². The highest BCUT2D eigenvalue weighted by Gasteiger charge is 2.23. The molecule has 1 aromatic rings. The van der Waals surface area contributed by atoms with Crippen LogP contribution in [0, 0.1) is 0 Å². The minimum atomic E-state index is -1.04. The highest BCUT2D eigenvalue weighted by Crippen LogP contribution is 2.28. The van der Waals surface area contributed by atoms with Gasteiger partial charge in [0.2, 0.25) is 0 Å². The molecule has 1 unspecified atom stereocenters. The predicted octanol–water partition coefficient (Wildman–Crippen LogP) is 2.85. The molecule has 1 N–H and O–H groups in total. The van der Waals surface area contributed by atoms with E-state index in [4.69, 9.17) is 27.9 Å². The Balaban J connectivity index is 3.01. The Labute approximate surface area is 93.4 Å². The van der Waals surface area contributed by atoms with Crippen LogP contribution >= 0.6 is 23.2 Å². The van der Waals surface area contributed by atoms with E-state index in [-0.39, 0.29) is 6.61 Å². The minimum Gasteiger partial charge on any atom is -0.383 e. The van der Waals surface area contributed by atoms with Crippen LogP contribution in [0.4, 0.5) is 0 Å². The molecule has 78 valence electrons. The van der Waals surface area contributed by atoms with E-state index in [0.717, 1.165) is 0 Å². The van der Waals surface area contributed by atoms with Gasteiger partial charge in [0.15, 0.2) is 0 Å². The molecule has 0 aliphatic heterocycles. The van der Waals surface area contributed by atoms with Gasteiger partial charge in [0.25, 0.3) is 0 Å². The van der Waals surface area contributed by atoms with Crippen LogP contribution in [0.1, 0.15) is 12.5 Å². The topological polar surface area (TPSA) is 29.5 Å². The Hall–Kier alpha value is -0.280. The second-order valence-electron chi connectivity index (χ2n) is 3.34.